The van der Waals surface area contributed by atoms with Crippen molar-refractivity contribution in [2.45, 2.75) is 81.6 Å². The summed E-state index contributed by atoms with van der Waals surface area (Å²) in [6, 6.07) is 19.0. The van der Waals surface area contributed by atoms with Gasteiger partial charge in [-0.25, -0.2) is 21.6 Å². The van der Waals surface area contributed by atoms with Gasteiger partial charge < -0.3 is 4.74 Å². The molecule has 258 valence electrons. The van der Waals surface area contributed by atoms with Crippen molar-refractivity contribution in [2.75, 3.05) is 12.9 Å². The Balaban J connectivity index is 1.82. The van der Waals surface area contributed by atoms with Gasteiger partial charge in [0.25, 0.3) is 10.0 Å². The van der Waals surface area contributed by atoms with Gasteiger partial charge >= 0.3 is 0 Å². The average Bonchev–Trinajstić information content (AvgIpc) is 3.64. The molecule has 13 heteroatoms. The third-order valence-electron chi connectivity index (χ3n) is 8.13. The number of thioether (sulfide) groups is 1. The highest BCUT2D eigenvalue weighted by atomic mass is 32.2. The zero-order chi connectivity index (χ0) is 35.9. The number of ether oxygens (including phenoxy) is 1. The molecule has 5 rings (SSSR count). The van der Waals surface area contributed by atoms with Gasteiger partial charge in [-0.1, -0.05) is 37.3 Å². The predicted octanol–water partition coefficient (Wildman–Crippen LogP) is 8.05. The fourth-order valence-corrected chi connectivity index (χ4v) is 8.85. The van der Waals surface area contributed by atoms with Crippen LogP contribution in [-0.2, 0) is 32.5 Å². The summed E-state index contributed by atoms with van der Waals surface area (Å²) >= 11 is 1.49. The average molecular weight is 734 g/mol. The van der Waals surface area contributed by atoms with E-state index in [1.165, 1.54) is 15.7 Å². The molecule has 49 heavy (non-hydrogen) atoms. The first kappa shape index (κ1) is 36.7. The highest BCUT2D eigenvalue weighted by Crippen LogP contribution is 2.37. The molecule has 0 fully saturated rings. The quantitative estimate of drug-likeness (QED) is 0.0583. The van der Waals surface area contributed by atoms with Gasteiger partial charge in [0.1, 0.15) is 23.4 Å². The Bertz CT molecular complexity index is 2250. The summed E-state index contributed by atoms with van der Waals surface area (Å²) in [5.74, 6) is 0.422. The Kier molecular flexibility index (Phi) is 10.5. The number of nitriles is 1. The zero-order valence-electron chi connectivity index (χ0n) is 29.5. The smallest absolute Gasteiger partial charge is 0.268 e. The lowest BCUT2D eigenvalue weighted by Gasteiger charge is -2.20. The van der Waals surface area contributed by atoms with Crippen LogP contribution in [0.2, 0.25) is 25.7 Å². The maximum absolute atomic E-state index is 14.1. The first-order valence-corrected chi connectivity index (χ1v) is 23.4. The van der Waals surface area contributed by atoms with Crippen LogP contribution in [0.15, 0.2) is 75.0 Å². The summed E-state index contributed by atoms with van der Waals surface area (Å²) in [7, 11) is -7.04. The van der Waals surface area contributed by atoms with Gasteiger partial charge in [0.05, 0.1) is 37.8 Å². The standard InChI is InChI=1S/C36H43N5O4S3Si/c1-24-10-13-27(14-11-24)48(43,44)41-17-16-28-32(31(46-6)20-25(2)34(28)41)33(39-47(42)36(3,4)5)35-38-29-21-26(22-37)12-15-30(29)40(35)23-45-18-19-49(7,8)9/h10-17,20-21H,18-19,23H2,1-9H3. The molecular formula is C36H43N5O4S3Si. The molecule has 1 atom stereocenters. The van der Waals surface area contributed by atoms with Crippen molar-refractivity contribution in [3.05, 3.63) is 88.9 Å². The van der Waals surface area contributed by atoms with Gasteiger partial charge in [0.15, 0.2) is 5.82 Å². The maximum Gasteiger partial charge on any atom is 0.268 e. The summed E-state index contributed by atoms with van der Waals surface area (Å²) in [6.07, 6.45) is 3.52. The molecule has 3 aromatic carbocycles. The van der Waals surface area contributed by atoms with Gasteiger partial charge in [0, 0.05) is 36.7 Å². The van der Waals surface area contributed by atoms with E-state index in [0.29, 0.717) is 45.7 Å². The number of fused-ring (bicyclic) bond motifs is 2. The van der Waals surface area contributed by atoms with E-state index < -0.39 is 33.8 Å². The Morgan fingerprint density at radius 1 is 1.08 bits per heavy atom. The molecule has 0 bridgehead atoms. The number of hydrogen-bond donors (Lipinski definition) is 0. The molecule has 1 unspecified atom stereocenters. The van der Waals surface area contributed by atoms with Crippen molar-refractivity contribution in [1.29, 1.82) is 5.26 Å². The minimum atomic E-state index is -3.96. The lowest BCUT2D eigenvalue weighted by molar-refractivity contribution is 0.0895. The normalized spacial score (nSPS) is 13.7. The number of aryl methyl sites for hydroxylation is 2. The van der Waals surface area contributed by atoms with E-state index in [4.69, 9.17) is 14.1 Å². The van der Waals surface area contributed by atoms with Crippen LogP contribution < -0.4 is 0 Å². The van der Waals surface area contributed by atoms with Crippen LogP contribution in [0, 0.1) is 25.2 Å². The molecule has 2 aromatic heterocycles. The molecule has 9 nitrogen and oxygen atoms in total. The first-order chi connectivity index (χ1) is 23.0. The van der Waals surface area contributed by atoms with Crippen molar-refractivity contribution < 1.29 is 17.4 Å². The van der Waals surface area contributed by atoms with Gasteiger partial charge in [0.2, 0.25) is 0 Å². The monoisotopic (exact) mass is 733 g/mol. The fourth-order valence-electron chi connectivity index (χ4n) is 5.36. The minimum absolute atomic E-state index is 0.163. The van der Waals surface area contributed by atoms with Gasteiger partial charge in [-0.05, 0) is 94.9 Å². The second-order valence-corrected chi connectivity index (χ2v) is 24.5. The molecule has 0 saturated heterocycles. The summed E-state index contributed by atoms with van der Waals surface area (Å²) in [4.78, 5) is 6.03. The molecule has 0 amide bonds. The number of benzene rings is 3. The first-order valence-electron chi connectivity index (χ1n) is 16.0. The summed E-state index contributed by atoms with van der Waals surface area (Å²) in [6.45, 7) is 17.0. The molecule has 0 radical (unpaired) electrons. The van der Waals surface area contributed by atoms with E-state index in [2.05, 4.69) is 25.7 Å². The van der Waals surface area contributed by atoms with Gasteiger partial charge in [-0.3, -0.25) is 4.57 Å². The summed E-state index contributed by atoms with van der Waals surface area (Å²) in [5.41, 5.74) is 4.99. The molecule has 0 N–H and O–H groups in total. The Morgan fingerprint density at radius 2 is 1.78 bits per heavy atom. The van der Waals surface area contributed by atoms with Crippen LogP contribution in [0.4, 0.5) is 0 Å². The number of nitrogens with zero attached hydrogens (tertiary/aromatic N) is 5. The van der Waals surface area contributed by atoms with Gasteiger partial charge in [-0.15, -0.1) is 11.8 Å². The SMILES string of the molecule is CSc1cc(C)c2c(ccn2S(=O)(=O)c2ccc(C)cc2)c1C(=NS(=O)C(C)(C)C)c1nc2cc(C#N)ccc2n1COCC[Si](C)(C)C. The van der Waals surface area contributed by atoms with E-state index >= 15 is 0 Å². The van der Waals surface area contributed by atoms with Crippen molar-refractivity contribution in [1.82, 2.24) is 13.5 Å². The minimum Gasteiger partial charge on any atom is -0.361 e. The van der Waals surface area contributed by atoms with E-state index in [1.54, 1.807) is 48.7 Å². The number of imidazole rings is 1. The van der Waals surface area contributed by atoms with Crippen LogP contribution in [0.1, 0.15) is 48.8 Å². The largest absolute Gasteiger partial charge is 0.361 e. The second-order valence-electron chi connectivity index (χ2n) is 14.3. The third-order valence-corrected chi connectivity index (χ3v) is 13.7. The van der Waals surface area contributed by atoms with Crippen molar-refractivity contribution in [3.8, 4) is 6.07 Å². The molecular weight excluding hydrogens is 691 g/mol. The van der Waals surface area contributed by atoms with Crippen LogP contribution in [0.5, 0.6) is 0 Å². The summed E-state index contributed by atoms with van der Waals surface area (Å²) in [5, 5.41) is 10.3. The van der Waals surface area contributed by atoms with E-state index in [9.17, 15) is 17.9 Å². The molecule has 0 aliphatic carbocycles. The molecule has 0 saturated carbocycles. The molecule has 0 spiro atoms. The lowest BCUT2D eigenvalue weighted by Crippen LogP contribution is -2.24. The van der Waals surface area contributed by atoms with E-state index in [-0.39, 0.29) is 11.6 Å². The lowest BCUT2D eigenvalue weighted by atomic mass is 10.0. The summed E-state index contributed by atoms with van der Waals surface area (Å²) < 4.78 is 55.7. The van der Waals surface area contributed by atoms with Crippen molar-refractivity contribution in [3.63, 3.8) is 0 Å². The number of aromatic nitrogens is 3. The van der Waals surface area contributed by atoms with Crippen LogP contribution in [0.25, 0.3) is 21.9 Å². The highest BCUT2D eigenvalue weighted by molar-refractivity contribution is 7.98. The highest BCUT2D eigenvalue weighted by Gasteiger charge is 2.30. The number of hydrogen-bond acceptors (Lipinski definition) is 7. The van der Waals surface area contributed by atoms with Crippen LogP contribution >= 0.6 is 11.8 Å². The molecule has 0 aliphatic rings. The topological polar surface area (TPSA) is 119 Å². The second kappa shape index (κ2) is 14.0. The fraction of sp³-hybridized carbons (Fsp3) is 0.361. The maximum atomic E-state index is 14.1. The molecule has 2 heterocycles. The number of rotatable bonds is 11. The zero-order valence-corrected chi connectivity index (χ0v) is 32.9. The van der Waals surface area contributed by atoms with Gasteiger partial charge in [-0.2, -0.15) is 9.66 Å². The molecule has 5 aromatic rings. The van der Waals surface area contributed by atoms with Crippen LogP contribution in [0.3, 0.4) is 0 Å². The Hall–Kier alpha value is -3.54. The van der Waals surface area contributed by atoms with E-state index in [0.717, 1.165) is 27.6 Å². The van der Waals surface area contributed by atoms with Crippen LogP contribution in [-0.4, -0.2) is 57.5 Å². The van der Waals surface area contributed by atoms with Crippen molar-refractivity contribution in [2.24, 2.45) is 4.40 Å². The van der Waals surface area contributed by atoms with Crippen molar-refractivity contribution >= 4 is 68.5 Å². The Morgan fingerprint density at radius 3 is 2.39 bits per heavy atom. The molecule has 0 aliphatic heterocycles. The Labute approximate surface area is 297 Å². The van der Waals surface area contributed by atoms with E-state index in [1.807, 2.05) is 57.6 Å². The predicted molar refractivity (Wildman–Crippen MR) is 204 cm³/mol. The third kappa shape index (κ3) is 7.63.